The van der Waals surface area contributed by atoms with Crippen LogP contribution in [0.4, 0.5) is 0 Å². The molecule has 0 saturated carbocycles. The minimum Gasteiger partial charge on any atom is -0.493 e. The van der Waals surface area contributed by atoms with E-state index < -0.39 is 12.0 Å². The van der Waals surface area contributed by atoms with Crippen LogP contribution >= 0.6 is 11.8 Å². The van der Waals surface area contributed by atoms with E-state index in [1.165, 1.54) is 18.1 Å². The molecule has 1 aromatic carbocycles. The Kier molecular flexibility index (Phi) is 4.81. The van der Waals surface area contributed by atoms with Gasteiger partial charge in [-0.2, -0.15) is 0 Å². The van der Waals surface area contributed by atoms with E-state index in [-0.39, 0.29) is 5.75 Å². The molecule has 3 N–H and O–H groups in total. The van der Waals surface area contributed by atoms with Crippen LogP contribution in [0.2, 0.25) is 0 Å². The van der Waals surface area contributed by atoms with Crippen molar-refractivity contribution in [2.75, 3.05) is 20.0 Å². The van der Waals surface area contributed by atoms with Crippen molar-refractivity contribution in [3.8, 4) is 11.5 Å². The highest BCUT2D eigenvalue weighted by molar-refractivity contribution is 7.99. The normalized spacial score (nSPS) is 12.1. The van der Waals surface area contributed by atoms with Crippen molar-refractivity contribution in [3.63, 3.8) is 0 Å². The lowest BCUT2D eigenvalue weighted by atomic mass is 10.2. The highest BCUT2D eigenvalue weighted by Crippen LogP contribution is 2.34. The summed E-state index contributed by atoms with van der Waals surface area (Å²) in [6, 6.07) is 2.57. The van der Waals surface area contributed by atoms with Gasteiger partial charge in [0.2, 0.25) is 0 Å². The zero-order valence-corrected chi connectivity index (χ0v) is 12.4. The van der Waals surface area contributed by atoms with Crippen LogP contribution in [0.1, 0.15) is 0 Å². The van der Waals surface area contributed by atoms with Crippen molar-refractivity contribution in [1.82, 2.24) is 9.97 Å². The first-order chi connectivity index (χ1) is 10.1. The zero-order chi connectivity index (χ0) is 15.4. The van der Waals surface area contributed by atoms with Crippen molar-refractivity contribution in [2.24, 2.45) is 5.73 Å². The number of carboxylic acid groups (broad SMARTS) is 1. The van der Waals surface area contributed by atoms with Gasteiger partial charge in [0.25, 0.3) is 0 Å². The molecule has 0 saturated heterocycles. The summed E-state index contributed by atoms with van der Waals surface area (Å²) in [5.41, 5.74) is 6.19. The number of hydrogen-bond donors (Lipinski definition) is 2. The number of carboxylic acids is 1. The van der Waals surface area contributed by atoms with Crippen LogP contribution in [-0.2, 0) is 4.79 Å². The van der Waals surface area contributed by atoms with Gasteiger partial charge < -0.3 is 20.3 Å². The largest absolute Gasteiger partial charge is 0.493 e. The van der Waals surface area contributed by atoms with Gasteiger partial charge in [0.15, 0.2) is 11.5 Å². The molecule has 0 fully saturated rings. The smallest absolute Gasteiger partial charge is 0.321 e. The molecule has 0 aliphatic carbocycles. The standard InChI is InChI=1S/C13H15N3O4S/c1-19-10-3-7-9(4-11(10)20-2)15-6-16-12(7)21-5-8(14)13(17)18/h3-4,6,8H,5,14H2,1-2H3,(H,17,18). The molecule has 0 spiro atoms. The first-order valence-corrected chi connectivity index (χ1v) is 7.03. The van der Waals surface area contributed by atoms with Crippen LogP contribution in [0.3, 0.4) is 0 Å². The summed E-state index contributed by atoms with van der Waals surface area (Å²) >= 11 is 1.27. The number of benzene rings is 1. The van der Waals surface area contributed by atoms with Gasteiger partial charge in [-0.25, -0.2) is 9.97 Å². The number of aliphatic carboxylic acids is 1. The third-order valence-electron chi connectivity index (χ3n) is 2.82. The minimum absolute atomic E-state index is 0.218. The number of nitrogens with two attached hydrogens (primary N) is 1. The molecule has 0 aliphatic rings. The van der Waals surface area contributed by atoms with Gasteiger partial charge in [-0.15, -0.1) is 11.8 Å². The highest BCUT2D eigenvalue weighted by atomic mass is 32.2. The molecule has 21 heavy (non-hydrogen) atoms. The average Bonchev–Trinajstić information content (AvgIpc) is 2.50. The number of thioether (sulfide) groups is 1. The van der Waals surface area contributed by atoms with Crippen molar-refractivity contribution < 1.29 is 19.4 Å². The molecule has 0 aliphatic heterocycles. The third-order valence-corrected chi connectivity index (χ3v) is 3.95. The van der Waals surface area contributed by atoms with E-state index in [4.69, 9.17) is 20.3 Å². The molecule has 0 bridgehead atoms. The van der Waals surface area contributed by atoms with Gasteiger partial charge in [0.05, 0.1) is 19.7 Å². The molecular formula is C13H15N3O4S. The number of hydrogen-bond acceptors (Lipinski definition) is 7. The second kappa shape index (κ2) is 6.59. The quantitative estimate of drug-likeness (QED) is 0.604. The van der Waals surface area contributed by atoms with Crippen LogP contribution in [-0.4, -0.2) is 47.1 Å². The number of methoxy groups -OCH3 is 2. The highest BCUT2D eigenvalue weighted by Gasteiger charge is 2.15. The fraction of sp³-hybridized carbons (Fsp3) is 0.308. The second-order valence-corrected chi connectivity index (χ2v) is 5.17. The molecule has 2 rings (SSSR count). The van der Waals surface area contributed by atoms with Crippen molar-refractivity contribution in [1.29, 1.82) is 0 Å². The van der Waals surface area contributed by atoms with Crippen molar-refractivity contribution >= 4 is 28.6 Å². The number of fused-ring (bicyclic) bond motifs is 1. The Hall–Kier alpha value is -2.06. The van der Waals surface area contributed by atoms with Gasteiger partial charge in [-0.3, -0.25) is 4.79 Å². The van der Waals surface area contributed by atoms with Gasteiger partial charge >= 0.3 is 5.97 Å². The SMILES string of the molecule is COc1cc2ncnc(SCC(N)C(=O)O)c2cc1OC. The number of rotatable bonds is 6. The van der Waals surface area contributed by atoms with Gasteiger partial charge in [-0.05, 0) is 6.07 Å². The topological polar surface area (TPSA) is 108 Å². The van der Waals surface area contributed by atoms with E-state index in [0.717, 1.165) is 5.39 Å². The molecule has 2 aromatic rings. The summed E-state index contributed by atoms with van der Waals surface area (Å²) in [5, 5.41) is 10.2. The lowest BCUT2D eigenvalue weighted by molar-refractivity contribution is -0.137. The summed E-state index contributed by atoms with van der Waals surface area (Å²) in [6.45, 7) is 0. The Balaban J connectivity index is 2.38. The molecule has 7 nitrogen and oxygen atoms in total. The summed E-state index contributed by atoms with van der Waals surface area (Å²) in [7, 11) is 3.09. The fourth-order valence-electron chi connectivity index (χ4n) is 1.71. The number of nitrogens with zero attached hydrogens (tertiary/aromatic N) is 2. The third kappa shape index (κ3) is 3.34. The van der Waals surface area contributed by atoms with Gasteiger partial charge in [0, 0.05) is 17.2 Å². The van der Waals surface area contributed by atoms with Crippen LogP contribution in [0.15, 0.2) is 23.5 Å². The maximum Gasteiger partial charge on any atom is 0.321 e. The molecule has 1 unspecified atom stereocenters. The summed E-state index contributed by atoms with van der Waals surface area (Å²) in [6.07, 6.45) is 1.42. The molecule has 1 heterocycles. The number of aromatic nitrogens is 2. The van der Waals surface area contributed by atoms with Crippen molar-refractivity contribution in [3.05, 3.63) is 18.5 Å². The van der Waals surface area contributed by atoms with E-state index in [2.05, 4.69) is 9.97 Å². The monoisotopic (exact) mass is 309 g/mol. The Labute approximate surface area is 125 Å². The van der Waals surface area contributed by atoms with Crippen molar-refractivity contribution in [2.45, 2.75) is 11.1 Å². The van der Waals surface area contributed by atoms with Crippen LogP contribution in [0.5, 0.6) is 11.5 Å². The summed E-state index contributed by atoms with van der Waals surface area (Å²) in [5.74, 6) is 0.307. The lowest BCUT2D eigenvalue weighted by Gasteiger charge is -2.11. The Bertz CT molecular complexity index is 665. The van der Waals surface area contributed by atoms with E-state index in [1.54, 1.807) is 26.4 Å². The van der Waals surface area contributed by atoms with Gasteiger partial charge in [-0.1, -0.05) is 0 Å². The summed E-state index contributed by atoms with van der Waals surface area (Å²) in [4.78, 5) is 19.1. The summed E-state index contributed by atoms with van der Waals surface area (Å²) < 4.78 is 10.5. The maximum absolute atomic E-state index is 10.8. The van der Waals surface area contributed by atoms with Crippen LogP contribution in [0, 0.1) is 0 Å². The lowest BCUT2D eigenvalue weighted by Crippen LogP contribution is -2.32. The Morgan fingerprint density at radius 3 is 2.62 bits per heavy atom. The number of carbonyl (C=O) groups is 1. The van der Waals surface area contributed by atoms with Crippen LogP contribution in [0.25, 0.3) is 10.9 Å². The molecular weight excluding hydrogens is 294 g/mol. The minimum atomic E-state index is -1.04. The maximum atomic E-state index is 10.8. The predicted octanol–water partition coefficient (Wildman–Crippen LogP) is 1.15. The molecule has 8 heteroatoms. The number of ether oxygens (including phenoxy) is 2. The van der Waals surface area contributed by atoms with E-state index in [9.17, 15) is 4.79 Å². The van der Waals surface area contributed by atoms with Gasteiger partial charge in [0.1, 0.15) is 17.4 Å². The first kappa shape index (κ1) is 15.3. The average molecular weight is 309 g/mol. The zero-order valence-electron chi connectivity index (χ0n) is 11.6. The first-order valence-electron chi connectivity index (χ1n) is 6.04. The fourth-order valence-corrected chi connectivity index (χ4v) is 2.64. The molecule has 112 valence electrons. The molecule has 0 radical (unpaired) electrons. The van der Waals surface area contributed by atoms with E-state index in [0.29, 0.717) is 22.0 Å². The molecule has 1 aromatic heterocycles. The van der Waals surface area contributed by atoms with E-state index >= 15 is 0 Å². The predicted molar refractivity (Wildman–Crippen MR) is 79.0 cm³/mol. The Morgan fingerprint density at radius 2 is 2.00 bits per heavy atom. The molecule has 0 amide bonds. The molecule has 1 atom stereocenters. The van der Waals surface area contributed by atoms with E-state index in [1.807, 2.05) is 0 Å². The Morgan fingerprint density at radius 1 is 1.33 bits per heavy atom. The second-order valence-electron chi connectivity index (χ2n) is 4.16. The van der Waals surface area contributed by atoms with Crippen LogP contribution < -0.4 is 15.2 Å².